The van der Waals surface area contributed by atoms with Crippen LogP contribution >= 0.6 is 0 Å². The lowest BCUT2D eigenvalue weighted by Crippen LogP contribution is -2.11. The van der Waals surface area contributed by atoms with Crippen molar-refractivity contribution < 1.29 is 4.74 Å². The normalized spacial score (nSPS) is 10.6. The number of hydrogen-bond acceptors (Lipinski definition) is 1. The Morgan fingerprint density at radius 3 is 2.13 bits per heavy atom. The molecule has 1 nitrogen and oxygen atoms in total. The molecule has 15 heavy (non-hydrogen) atoms. The summed E-state index contributed by atoms with van der Waals surface area (Å²) in [5, 5.41) is 0. The van der Waals surface area contributed by atoms with Crippen molar-refractivity contribution in [2.45, 2.75) is 39.5 Å². The molecule has 0 unspecified atom stereocenters. The van der Waals surface area contributed by atoms with Crippen molar-refractivity contribution in [1.82, 2.24) is 0 Å². The minimum absolute atomic E-state index is 0.722. The van der Waals surface area contributed by atoms with E-state index in [1.54, 1.807) is 0 Å². The van der Waals surface area contributed by atoms with Gasteiger partial charge in [0.25, 0.3) is 0 Å². The molecule has 0 spiro atoms. The van der Waals surface area contributed by atoms with Gasteiger partial charge in [0.15, 0.2) is 0 Å². The standard InChI is InChI=1S/C14H22O/c1-3-8-13(9-4-2)12-15-14-10-6-5-7-11-14/h5-7,10-11,13H,3-4,8-9,12H2,1-2H3. The fraction of sp³-hybridized carbons (Fsp3) is 0.571. The fourth-order valence-corrected chi connectivity index (χ4v) is 1.86. The Hall–Kier alpha value is -0.980. The molecule has 0 aromatic heterocycles. The average Bonchev–Trinajstić information content (AvgIpc) is 2.28. The summed E-state index contributed by atoms with van der Waals surface area (Å²) in [4.78, 5) is 0. The molecule has 0 aliphatic rings. The van der Waals surface area contributed by atoms with Gasteiger partial charge in [-0.2, -0.15) is 0 Å². The molecule has 0 fully saturated rings. The SMILES string of the molecule is CCCC(CCC)COc1ccccc1. The Kier molecular flexibility index (Phi) is 5.91. The number of hydrogen-bond donors (Lipinski definition) is 0. The van der Waals surface area contributed by atoms with Gasteiger partial charge < -0.3 is 4.74 Å². The van der Waals surface area contributed by atoms with Crippen molar-refractivity contribution in [3.05, 3.63) is 30.3 Å². The average molecular weight is 206 g/mol. The summed E-state index contributed by atoms with van der Waals surface area (Å²) in [5.74, 6) is 1.72. The summed E-state index contributed by atoms with van der Waals surface area (Å²) in [6.07, 6.45) is 5.06. The molecule has 84 valence electrons. The van der Waals surface area contributed by atoms with Crippen molar-refractivity contribution in [2.24, 2.45) is 5.92 Å². The van der Waals surface area contributed by atoms with E-state index >= 15 is 0 Å². The molecule has 0 heterocycles. The number of para-hydroxylation sites is 1. The zero-order chi connectivity index (χ0) is 10.9. The largest absolute Gasteiger partial charge is 0.493 e. The third kappa shape index (κ3) is 4.87. The van der Waals surface area contributed by atoms with Gasteiger partial charge in [0.1, 0.15) is 5.75 Å². The van der Waals surface area contributed by atoms with Crippen LogP contribution in [-0.4, -0.2) is 6.61 Å². The fourth-order valence-electron chi connectivity index (χ4n) is 1.86. The van der Waals surface area contributed by atoms with Crippen LogP contribution in [0, 0.1) is 5.92 Å². The molecule has 1 aromatic carbocycles. The van der Waals surface area contributed by atoms with Crippen LogP contribution in [0.1, 0.15) is 39.5 Å². The van der Waals surface area contributed by atoms with E-state index in [1.165, 1.54) is 25.7 Å². The zero-order valence-corrected chi connectivity index (χ0v) is 9.91. The third-order valence-corrected chi connectivity index (χ3v) is 2.62. The minimum Gasteiger partial charge on any atom is -0.493 e. The minimum atomic E-state index is 0.722. The van der Waals surface area contributed by atoms with Gasteiger partial charge in [-0.15, -0.1) is 0 Å². The number of rotatable bonds is 7. The highest BCUT2D eigenvalue weighted by atomic mass is 16.5. The lowest BCUT2D eigenvalue weighted by Gasteiger charge is -2.16. The van der Waals surface area contributed by atoms with Gasteiger partial charge in [-0.25, -0.2) is 0 Å². The van der Waals surface area contributed by atoms with Crippen molar-refractivity contribution in [3.8, 4) is 5.75 Å². The first-order chi connectivity index (χ1) is 7.36. The van der Waals surface area contributed by atoms with Gasteiger partial charge in [-0.05, 0) is 30.9 Å². The number of benzene rings is 1. The predicted molar refractivity (Wildman–Crippen MR) is 65.2 cm³/mol. The van der Waals surface area contributed by atoms with Crippen molar-refractivity contribution in [1.29, 1.82) is 0 Å². The second kappa shape index (κ2) is 7.33. The van der Waals surface area contributed by atoms with Crippen LogP contribution in [-0.2, 0) is 0 Å². The summed E-state index contributed by atoms with van der Waals surface area (Å²) in [7, 11) is 0. The molecule has 0 bridgehead atoms. The lowest BCUT2D eigenvalue weighted by atomic mass is 9.99. The van der Waals surface area contributed by atoms with Gasteiger partial charge in [0.05, 0.1) is 6.61 Å². The Labute approximate surface area is 93.5 Å². The molecule has 0 N–H and O–H groups in total. The Morgan fingerprint density at radius 1 is 1.00 bits per heavy atom. The molecule has 0 aliphatic heterocycles. The van der Waals surface area contributed by atoms with Gasteiger partial charge in [-0.3, -0.25) is 0 Å². The van der Waals surface area contributed by atoms with E-state index in [1.807, 2.05) is 30.3 Å². The van der Waals surface area contributed by atoms with E-state index in [-0.39, 0.29) is 0 Å². The lowest BCUT2D eigenvalue weighted by molar-refractivity contribution is 0.229. The first-order valence-corrected chi connectivity index (χ1v) is 6.04. The summed E-state index contributed by atoms with van der Waals surface area (Å²) < 4.78 is 5.77. The zero-order valence-electron chi connectivity index (χ0n) is 9.91. The van der Waals surface area contributed by atoms with E-state index in [0.29, 0.717) is 0 Å². The van der Waals surface area contributed by atoms with Crippen LogP contribution in [0.4, 0.5) is 0 Å². The highest BCUT2D eigenvalue weighted by molar-refractivity contribution is 5.20. The van der Waals surface area contributed by atoms with Crippen LogP contribution in [0.25, 0.3) is 0 Å². The van der Waals surface area contributed by atoms with E-state index in [2.05, 4.69) is 13.8 Å². The summed E-state index contributed by atoms with van der Waals surface area (Å²) in [5.41, 5.74) is 0. The van der Waals surface area contributed by atoms with Gasteiger partial charge in [0.2, 0.25) is 0 Å². The third-order valence-electron chi connectivity index (χ3n) is 2.62. The van der Waals surface area contributed by atoms with E-state index in [0.717, 1.165) is 18.3 Å². The summed E-state index contributed by atoms with van der Waals surface area (Å²) >= 11 is 0. The Morgan fingerprint density at radius 2 is 1.60 bits per heavy atom. The van der Waals surface area contributed by atoms with Crippen molar-refractivity contribution in [2.75, 3.05) is 6.61 Å². The monoisotopic (exact) mass is 206 g/mol. The molecule has 0 saturated heterocycles. The maximum absolute atomic E-state index is 5.77. The Bertz CT molecular complexity index is 237. The summed E-state index contributed by atoms with van der Waals surface area (Å²) in [6.45, 7) is 5.35. The van der Waals surface area contributed by atoms with Gasteiger partial charge in [-0.1, -0.05) is 44.9 Å². The smallest absolute Gasteiger partial charge is 0.119 e. The second-order valence-corrected chi connectivity index (χ2v) is 4.07. The topological polar surface area (TPSA) is 9.23 Å². The summed E-state index contributed by atoms with van der Waals surface area (Å²) in [6, 6.07) is 10.1. The first-order valence-electron chi connectivity index (χ1n) is 6.04. The number of ether oxygens (including phenoxy) is 1. The molecule has 1 aromatic rings. The van der Waals surface area contributed by atoms with E-state index in [4.69, 9.17) is 4.74 Å². The highest BCUT2D eigenvalue weighted by Gasteiger charge is 2.07. The van der Waals surface area contributed by atoms with Crippen LogP contribution in [0.15, 0.2) is 30.3 Å². The molecule has 0 radical (unpaired) electrons. The van der Waals surface area contributed by atoms with Gasteiger partial charge >= 0.3 is 0 Å². The maximum Gasteiger partial charge on any atom is 0.119 e. The van der Waals surface area contributed by atoms with Crippen molar-refractivity contribution >= 4 is 0 Å². The molecule has 0 atom stereocenters. The molecule has 1 rings (SSSR count). The molecular weight excluding hydrogens is 184 g/mol. The molecule has 1 heteroatoms. The van der Waals surface area contributed by atoms with Gasteiger partial charge in [0, 0.05) is 0 Å². The van der Waals surface area contributed by atoms with Crippen molar-refractivity contribution in [3.63, 3.8) is 0 Å². The molecular formula is C14H22O. The van der Waals surface area contributed by atoms with E-state index in [9.17, 15) is 0 Å². The molecule has 0 amide bonds. The van der Waals surface area contributed by atoms with Crippen LogP contribution in [0.2, 0.25) is 0 Å². The van der Waals surface area contributed by atoms with Crippen LogP contribution < -0.4 is 4.74 Å². The highest BCUT2D eigenvalue weighted by Crippen LogP contribution is 2.16. The van der Waals surface area contributed by atoms with Crippen LogP contribution in [0.5, 0.6) is 5.75 Å². The molecule has 0 saturated carbocycles. The molecule has 0 aliphatic carbocycles. The predicted octanol–water partition coefficient (Wildman–Crippen LogP) is 4.28. The first kappa shape index (κ1) is 12.1. The van der Waals surface area contributed by atoms with Crippen LogP contribution in [0.3, 0.4) is 0 Å². The second-order valence-electron chi connectivity index (χ2n) is 4.07. The van der Waals surface area contributed by atoms with E-state index < -0.39 is 0 Å². The quantitative estimate of drug-likeness (QED) is 0.647. The maximum atomic E-state index is 5.77. The Balaban J connectivity index is 2.33.